The first-order valence-electron chi connectivity index (χ1n) is 10.7. The SMILES string of the molecule is Cc1ccc(Cl)cc1N1CCN(C(=O)C(N)Cc2ccc(-c3ccccc3)cc2)CC1. The summed E-state index contributed by atoms with van der Waals surface area (Å²) in [6.45, 7) is 5.00. The molecule has 0 bridgehead atoms. The summed E-state index contributed by atoms with van der Waals surface area (Å²) >= 11 is 6.17. The Labute approximate surface area is 189 Å². The standard InChI is InChI=1S/C26H28ClN3O/c1-19-7-12-23(27)18-25(19)29-13-15-30(16-14-29)26(31)24(28)17-20-8-10-22(11-9-20)21-5-3-2-4-6-21/h2-12,18,24H,13-17,28H2,1H3. The number of anilines is 1. The fraction of sp³-hybridized carbons (Fsp3) is 0.269. The summed E-state index contributed by atoms with van der Waals surface area (Å²) in [6, 6.07) is 24.0. The second-order valence-electron chi connectivity index (χ2n) is 8.12. The molecule has 1 amide bonds. The Hall–Kier alpha value is -2.82. The molecule has 160 valence electrons. The number of amides is 1. The fourth-order valence-corrected chi connectivity index (χ4v) is 4.30. The Balaban J connectivity index is 1.33. The van der Waals surface area contributed by atoms with E-state index in [0.717, 1.165) is 34.9 Å². The molecule has 0 aliphatic carbocycles. The van der Waals surface area contributed by atoms with Crippen LogP contribution in [0.3, 0.4) is 0 Å². The lowest BCUT2D eigenvalue weighted by Gasteiger charge is -2.37. The number of halogens is 1. The van der Waals surface area contributed by atoms with Crippen LogP contribution in [0.25, 0.3) is 11.1 Å². The van der Waals surface area contributed by atoms with Crippen LogP contribution in [0.15, 0.2) is 72.8 Å². The minimum atomic E-state index is -0.526. The van der Waals surface area contributed by atoms with Gasteiger partial charge in [-0.15, -0.1) is 0 Å². The van der Waals surface area contributed by atoms with Crippen molar-refractivity contribution in [2.45, 2.75) is 19.4 Å². The Kier molecular flexibility index (Phi) is 6.59. The molecule has 1 atom stereocenters. The van der Waals surface area contributed by atoms with Crippen molar-refractivity contribution in [1.82, 2.24) is 4.90 Å². The lowest BCUT2D eigenvalue weighted by molar-refractivity contribution is -0.132. The molecule has 4 nitrogen and oxygen atoms in total. The van der Waals surface area contributed by atoms with Crippen LogP contribution in [-0.2, 0) is 11.2 Å². The minimum Gasteiger partial charge on any atom is -0.368 e. The smallest absolute Gasteiger partial charge is 0.239 e. The van der Waals surface area contributed by atoms with E-state index in [9.17, 15) is 4.79 Å². The summed E-state index contributed by atoms with van der Waals surface area (Å²) in [5, 5.41) is 0.736. The van der Waals surface area contributed by atoms with Crippen molar-refractivity contribution in [3.05, 3.63) is 88.9 Å². The molecular formula is C26H28ClN3O. The van der Waals surface area contributed by atoms with Gasteiger partial charge in [0.05, 0.1) is 6.04 Å². The van der Waals surface area contributed by atoms with E-state index in [1.165, 1.54) is 11.1 Å². The van der Waals surface area contributed by atoms with E-state index in [1.807, 2.05) is 41.3 Å². The highest BCUT2D eigenvalue weighted by Gasteiger charge is 2.26. The van der Waals surface area contributed by atoms with E-state index in [1.54, 1.807) is 0 Å². The summed E-state index contributed by atoms with van der Waals surface area (Å²) in [4.78, 5) is 17.1. The van der Waals surface area contributed by atoms with E-state index in [4.69, 9.17) is 17.3 Å². The summed E-state index contributed by atoms with van der Waals surface area (Å²) in [7, 11) is 0. The molecule has 3 aromatic carbocycles. The summed E-state index contributed by atoms with van der Waals surface area (Å²) in [6.07, 6.45) is 0.543. The molecular weight excluding hydrogens is 406 g/mol. The van der Waals surface area contributed by atoms with Gasteiger partial charge in [0.15, 0.2) is 0 Å². The van der Waals surface area contributed by atoms with E-state index >= 15 is 0 Å². The van der Waals surface area contributed by atoms with Gasteiger partial charge in [0.25, 0.3) is 0 Å². The van der Waals surface area contributed by atoms with Crippen LogP contribution in [0.4, 0.5) is 5.69 Å². The second kappa shape index (κ2) is 9.54. The number of aryl methyl sites for hydroxylation is 1. The topological polar surface area (TPSA) is 49.6 Å². The van der Waals surface area contributed by atoms with Gasteiger partial charge in [-0.3, -0.25) is 4.79 Å². The zero-order chi connectivity index (χ0) is 21.8. The highest BCUT2D eigenvalue weighted by atomic mass is 35.5. The van der Waals surface area contributed by atoms with Gasteiger partial charge in [0.2, 0.25) is 5.91 Å². The van der Waals surface area contributed by atoms with Crippen LogP contribution >= 0.6 is 11.6 Å². The van der Waals surface area contributed by atoms with Crippen LogP contribution in [0.2, 0.25) is 5.02 Å². The lowest BCUT2D eigenvalue weighted by atomic mass is 10.0. The first-order chi connectivity index (χ1) is 15.0. The molecule has 0 saturated carbocycles. The molecule has 1 saturated heterocycles. The van der Waals surface area contributed by atoms with Gasteiger partial charge in [0, 0.05) is 36.9 Å². The first-order valence-corrected chi connectivity index (χ1v) is 11.1. The van der Waals surface area contributed by atoms with Gasteiger partial charge < -0.3 is 15.5 Å². The van der Waals surface area contributed by atoms with Gasteiger partial charge in [-0.2, -0.15) is 0 Å². The van der Waals surface area contributed by atoms with E-state index in [2.05, 4.69) is 48.2 Å². The molecule has 1 heterocycles. The van der Waals surface area contributed by atoms with Gasteiger partial charge in [0.1, 0.15) is 0 Å². The maximum Gasteiger partial charge on any atom is 0.239 e. The second-order valence-corrected chi connectivity index (χ2v) is 8.55. The van der Waals surface area contributed by atoms with Crippen molar-refractivity contribution in [2.24, 2.45) is 5.73 Å². The molecule has 0 radical (unpaired) electrons. The quantitative estimate of drug-likeness (QED) is 0.642. The van der Waals surface area contributed by atoms with Crippen LogP contribution in [-0.4, -0.2) is 43.0 Å². The van der Waals surface area contributed by atoms with Gasteiger partial charge in [-0.1, -0.05) is 72.3 Å². The lowest BCUT2D eigenvalue weighted by Crippen LogP contribution is -2.53. The average molecular weight is 434 g/mol. The Morgan fingerprint density at radius 1 is 0.935 bits per heavy atom. The fourth-order valence-electron chi connectivity index (χ4n) is 4.13. The summed E-state index contributed by atoms with van der Waals surface area (Å²) in [5.74, 6) is 0.0228. The highest BCUT2D eigenvalue weighted by Crippen LogP contribution is 2.25. The van der Waals surface area contributed by atoms with Crippen molar-refractivity contribution in [2.75, 3.05) is 31.1 Å². The van der Waals surface area contributed by atoms with Gasteiger partial charge in [-0.25, -0.2) is 0 Å². The molecule has 1 aliphatic heterocycles. The zero-order valence-electron chi connectivity index (χ0n) is 17.8. The van der Waals surface area contributed by atoms with Crippen molar-refractivity contribution >= 4 is 23.2 Å². The average Bonchev–Trinajstić information content (AvgIpc) is 2.81. The Morgan fingerprint density at radius 3 is 2.26 bits per heavy atom. The first kappa shape index (κ1) is 21.4. The van der Waals surface area contributed by atoms with E-state index in [-0.39, 0.29) is 5.91 Å². The van der Waals surface area contributed by atoms with Gasteiger partial charge >= 0.3 is 0 Å². The Bertz CT molecular complexity index is 1030. The van der Waals surface area contributed by atoms with Crippen molar-refractivity contribution < 1.29 is 4.79 Å². The van der Waals surface area contributed by atoms with Crippen molar-refractivity contribution in [3.8, 4) is 11.1 Å². The number of hydrogen-bond donors (Lipinski definition) is 1. The van der Waals surface area contributed by atoms with Crippen LogP contribution < -0.4 is 10.6 Å². The number of carbonyl (C=O) groups is 1. The Morgan fingerprint density at radius 2 is 1.58 bits per heavy atom. The maximum absolute atomic E-state index is 12.9. The molecule has 3 aromatic rings. The third-order valence-corrected chi connectivity index (χ3v) is 6.17. The molecule has 1 fully saturated rings. The zero-order valence-corrected chi connectivity index (χ0v) is 18.6. The summed E-state index contributed by atoms with van der Waals surface area (Å²) < 4.78 is 0. The number of carbonyl (C=O) groups excluding carboxylic acids is 1. The number of nitrogens with two attached hydrogens (primary N) is 1. The molecule has 1 aliphatic rings. The predicted octanol–water partition coefficient (Wildman–Crippen LogP) is 4.53. The number of hydrogen-bond acceptors (Lipinski definition) is 3. The summed E-state index contributed by atoms with van der Waals surface area (Å²) in [5.41, 5.74) is 12.1. The molecule has 4 rings (SSSR count). The minimum absolute atomic E-state index is 0.0228. The van der Waals surface area contributed by atoms with Gasteiger partial charge in [-0.05, 0) is 47.7 Å². The molecule has 0 spiro atoms. The molecule has 31 heavy (non-hydrogen) atoms. The molecule has 5 heteroatoms. The normalized spacial score (nSPS) is 15.1. The third-order valence-electron chi connectivity index (χ3n) is 5.94. The molecule has 0 aromatic heterocycles. The van der Waals surface area contributed by atoms with Crippen LogP contribution in [0.1, 0.15) is 11.1 Å². The van der Waals surface area contributed by atoms with E-state index < -0.39 is 6.04 Å². The number of piperazine rings is 1. The van der Waals surface area contributed by atoms with Crippen LogP contribution in [0, 0.1) is 6.92 Å². The number of nitrogens with zero attached hydrogens (tertiary/aromatic N) is 2. The monoisotopic (exact) mass is 433 g/mol. The van der Waals surface area contributed by atoms with E-state index in [0.29, 0.717) is 19.5 Å². The molecule has 1 unspecified atom stereocenters. The third kappa shape index (κ3) is 5.09. The predicted molar refractivity (Wildman–Crippen MR) is 129 cm³/mol. The number of benzene rings is 3. The maximum atomic E-state index is 12.9. The number of rotatable bonds is 5. The van der Waals surface area contributed by atoms with Crippen molar-refractivity contribution in [1.29, 1.82) is 0 Å². The van der Waals surface area contributed by atoms with Crippen molar-refractivity contribution in [3.63, 3.8) is 0 Å². The molecule has 2 N–H and O–H groups in total. The largest absolute Gasteiger partial charge is 0.368 e. The highest BCUT2D eigenvalue weighted by molar-refractivity contribution is 6.30. The van der Waals surface area contributed by atoms with Crippen LogP contribution in [0.5, 0.6) is 0 Å².